The van der Waals surface area contributed by atoms with Gasteiger partial charge in [0.05, 0.1) is 30.8 Å². The van der Waals surface area contributed by atoms with E-state index in [0.29, 0.717) is 17.8 Å². The average Bonchev–Trinajstić information content (AvgIpc) is 3.02. The maximum atomic E-state index is 11.2. The second kappa shape index (κ2) is 5.10. The van der Waals surface area contributed by atoms with Gasteiger partial charge in [0.25, 0.3) is 0 Å². The largest absolute Gasteiger partial charge is 0.472 e. The van der Waals surface area contributed by atoms with E-state index in [2.05, 4.69) is 20.8 Å². The molecule has 1 N–H and O–H groups in total. The summed E-state index contributed by atoms with van der Waals surface area (Å²) in [6.45, 7) is 7.94. The molecule has 0 unspecified atom stereocenters. The number of hydrogen-bond donors (Lipinski definition) is 1. The van der Waals surface area contributed by atoms with E-state index >= 15 is 0 Å². The Morgan fingerprint density at radius 1 is 1.26 bits per heavy atom. The van der Waals surface area contributed by atoms with Crippen molar-refractivity contribution in [2.45, 2.75) is 71.0 Å². The van der Waals surface area contributed by atoms with Crippen LogP contribution in [0, 0.1) is 22.7 Å². The van der Waals surface area contributed by atoms with Crippen LogP contribution in [-0.2, 0) is 11.2 Å². The van der Waals surface area contributed by atoms with Crippen LogP contribution in [0.2, 0.25) is 0 Å². The first-order valence-corrected chi connectivity index (χ1v) is 9.21. The number of aliphatic hydroxyl groups excluding tert-OH is 1. The minimum atomic E-state index is -0.350. The molecule has 1 aliphatic heterocycles. The number of furan rings is 1. The van der Waals surface area contributed by atoms with E-state index in [9.17, 15) is 5.11 Å². The van der Waals surface area contributed by atoms with Crippen LogP contribution >= 0.6 is 0 Å². The Bertz CT molecular complexity index is 563. The van der Waals surface area contributed by atoms with Gasteiger partial charge in [0.1, 0.15) is 0 Å². The smallest absolute Gasteiger partial charge is 0.0935 e. The molecule has 3 heteroatoms. The SMILES string of the molecule is CC1(C)CCC[C@@]23CO[C@](C)(CC[C@@H]12)[C@@H]3[C@@H](O)Cc1ccoc1. The fourth-order valence-electron chi connectivity index (χ4n) is 6.53. The van der Waals surface area contributed by atoms with E-state index in [0.717, 1.165) is 18.6 Å². The lowest BCUT2D eigenvalue weighted by Gasteiger charge is -2.58. The maximum Gasteiger partial charge on any atom is 0.0935 e. The standard InChI is InChI=1S/C20H30O3/c1-18(2)7-4-8-20-13-23-19(3,9-5-16(18)20)17(20)15(21)11-14-6-10-22-12-14/h6,10,12,15-17,21H,4-5,7-9,11,13H2,1-3H3/t15-,16-,17-,19+,20+/m0/s1. The van der Waals surface area contributed by atoms with Crippen molar-refractivity contribution in [2.75, 3.05) is 6.61 Å². The zero-order valence-corrected chi connectivity index (χ0v) is 14.7. The van der Waals surface area contributed by atoms with Crippen LogP contribution in [0.3, 0.4) is 0 Å². The lowest BCUT2D eigenvalue weighted by atomic mass is 9.45. The van der Waals surface area contributed by atoms with E-state index in [4.69, 9.17) is 9.15 Å². The second-order valence-electron chi connectivity index (χ2n) is 9.15. The topological polar surface area (TPSA) is 42.6 Å². The third-order valence-corrected chi connectivity index (χ3v) is 7.39. The van der Waals surface area contributed by atoms with E-state index in [1.165, 1.54) is 25.7 Å². The monoisotopic (exact) mass is 318 g/mol. The first kappa shape index (κ1) is 15.7. The second-order valence-corrected chi connectivity index (χ2v) is 9.15. The molecule has 2 aliphatic carbocycles. The van der Waals surface area contributed by atoms with Gasteiger partial charge in [0.15, 0.2) is 0 Å². The molecule has 3 fully saturated rings. The minimum absolute atomic E-state index is 0.160. The molecule has 3 aliphatic rings. The zero-order valence-electron chi connectivity index (χ0n) is 14.7. The molecule has 0 aromatic carbocycles. The summed E-state index contributed by atoms with van der Waals surface area (Å²) in [5, 5.41) is 11.2. The molecular weight excluding hydrogens is 288 g/mol. The van der Waals surface area contributed by atoms with Crippen LogP contribution in [0.4, 0.5) is 0 Å². The lowest BCUT2D eigenvalue weighted by molar-refractivity contribution is -0.124. The Morgan fingerprint density at radius 2 is 2.09 bits per heavy atom. The zero-order chi connectivity index (χ0) is 16.3. The van der Waals surface area contributed by atoms with Gasteiger partial charge in [0, 0.05) is 17.8 Å². The molecule has 0 radical (unpaired) electrons. The summed E-state index contributed by atoms with van der Waals surface area (Å²) in [5.41, 5.74) is 1.46. The van der Waals surface area contributed by atoms with Gasteiger partial charge in [-0.15, -0.1) is 0 Å². The Labute approximate surface area is 139 Å². The molecule has 23 heavy (non-hydrogen) atoms. The van der Waals surface area contributed by atoms with E-state index in [1.807, 2.05) is 6.07 Å². The van der Waals surface area contributed by atoms with E-state index in [-0.39, 0.29) is 23.0 Å². The van der Waals surface area contributed by atoms with Crippen LogP contribution in [0.15, 0.2) is 23.0 Å². The van der Waals surface area contributed by atoms with Crippen LogP contribution < -0.4 is 0 Å². The van der Waals surface area contributed by atoms with Gasteiger partial charge in [0.2, 0.25) is 0 Å². The highest BCUT2D eigenvalue weighted by atomic mass is 16.5. The first-order chi connectivity index (χ1) is 10.9. The van der Waals surface area contributed by atoms with Crippen molar-refractivity contribution in [2.24, 2.45) is 22.7 Å². The van der Waals surface area contributed by atoms with Crippen molar-refractivity contribution >= 4 is 0 Å². The predicted molar refractivity (Wildman–Crippen MR) is 89.1 cm³/mol. The third kappa shape index (κ3) is 2.23. The van der Waals surface area contributed by atoms with Crippen molar-refractivity contribution in [3.63, 3.8) is 0 Å². The Kier molecular flexibility index (Phi) is 3.48. The van der Waals surface area contributed by atoms with Crippen LogP contribution in [0.25, 0.3) is 0 Å². The van der Waals surface area contributed by atoms with Crippen LogP contribution in [0.5, 0.6) is 0 Å². The summed E-state index contributed by atoms with van der Waals surface area (Å²) in [4.78, 5) is 0. The summed E-state index contributed by atoms with van der Waals surface area (Å²) in [6.07, 6.45) is 9.89. The predicted octanol–water partition coefficient (Wildman–Crippen LogP) is 4.19. The highest BCUT2D eigenvalue weighted by Crippen LogP contribution is 2.67. The Balaban J connectivity index is 1.69. The third-order valence-electron chi connectivity index (χ3n) is 7.39. The maximum absolute atomic E-state index is 11.2. The number of hydrogen-bond acceptors (Lipinski definition) is 3. The normalized spacial score (nSPS) is 43.1. The number of ether oxygens (including phenoxy) is 1. The summed E-state index contributed by atoms with van der Waals surface area (Å²) < 4.78 is 11.6. The summed E-state index contributed by atoms with van der Waals surface area (Å²) in [5.74, 6) is 0.909. The van der Waals surface area contributed by atoms with Gasteiger partial charge in [-0.05, 0) is 55.6 Å². The molecule has 2 saturated carbocycles. The molecule has 1 aromatic rings. The van der Waals surface area contributed by atoms with Crippen molar-refractivity contribution in [3.05, 3.63) is 24.2 Å². The molecule has 128 valence electrons. The van der Waals surface area contributed by atoms with Gasteiger partial charge < -0.3 is 14.3 Å². The molecule has 4 rings (SSSR count). The fourth-order valence-corrected chi connectivity index (χ4v) is 6.53. The summed E-state index contributed by atoms with van der Waals surface area (Å²) >= 11 is 0. The molecule has 5 atom stereocenters. The average molecular weight is 318 g/mol. The highest BCUT2D eigenvalue weighted by Gasteiger charge is 2.67. The van der Waals surface area contributed by atoms with Crippen molar-refractivity contribution < 1.29 is 14.3 Å². The van der Waals surface area contributed by atoms with Crippen molar-refractivity contribution in [1.29, 1.82) is 0 Å². The van der Waals surface area contributed by atoms with Gasteiger partial charge in [-0.25, -0.2) is 0 Å². The summed E-state index contributed by atoms with van der Waals surface area (Å²) in [6, 6.07) is 1.97. The molecule has 3 nitrogen and oxygen atoms in total. The molecule has 2 bridgehead atoms. The lowest BCUT2D eigenvalue weighted by Crippen LogP contribution is -2.58. The Morgan fingerprint density at radius 3 is 2.83 bits per heavy atom. The Hall–Kier alpha value is -0.800. The van der Waals surface area contributed by atoms with Gasteiger partial charge in [-0.3, -0.25) is 0 Å². The van der Waals surface area contributed by atoms with Crippen molar-refractivity contribution in [1.82, 2.24) is 0 Å². The first-order valence-electron chi connectivity index (χ1n) is 9.21. The highest BCUT2D eigenvalue weighted by molar-refractivity contribution is 5.17. The molecular formula is C20H30O3. The molecule has 2 heterocycles. The van der Waals surface area contributed by atoms with Gasteiger partial charge >= 0.3 is 0 Å². The quantitative estimate of drug-likeness (QED) is 0.908. The minimum Gasteiger partial charge on any atom is -0.472 e. The molecule has 0 amide bonds. The number of aliphatic hydroxyl groups is 1. The summed E-state index contributed by atoms with van der Waals surface area (Å²) in [7, 11) is 0. The van der Waals surface area contributed by atoms with Crippen LogP contribution in [-0.4, -0.2) is 23.4 Å². The van der Waals surface area contributed by atoms with Crippen LogP contribution in [0.1, 0.15) is 58.4 Å². The van der Waals surface area contributed by atoms with Gasteiger partial charge in [-0.2, -0.15) is 0 Å². The van der Waals surface area contributed by atoms with Crippen molar-refractivity contribution in [3.8, 4) is 0 Å². The van der Waals surface area contributed by atoms with E-state index in [1.54, 1.807) is 12.5 Å². The van der Waals surface area contributed by atoms with Gasteiger partial charge in [-0.1, -0.05) is 20.3 Å². The molecule has 1 spiro atoms. The molecule has 1 aromatic heterocycles. The number of rotatable bonds is 3. The van der Waals surface area contributed by atoms with E-state index < -0.39 is 0 Å². The number of fused-ring (bicyclic) bond motifs is 1. The molecule has 1 saturated heterocycles. The fraction of sp³-hybridized carbons (Fsp3) is 0.800.